The quantitative estimate of drug-likeness (QED) is 0.784. The molecule has 2 aromatic rings. The average molecular weight is 255 g/mol. The molecule has 0 fully saturated rings. The number of nitrogens with zero attached hydrogens (tertiary/aromatic N) is 1. The Hall–Kier alpha value is -1.80. The highest BCUT2D eigenvalue weighted by molar-refractivity contribution is 5.28. The number of rotatable bonds is 6. The minimum atomic E-state index is 0.934. The second-order valence-corrected chi connectivity index (χ2v) is 4.82. The normalized spacial score (nSPS) is 10.7. The van der Waals surface area contributed by atoms with Crippen LogP contribution in [-0.4, -0.2) is 25.6 Å². The maximum Gasteiger partial charge on any atom is 0.119 e. The van der Waals surface area contributed by atoms with Gasteiger partial charge < -0.3 is 9.64 Å². The zero-order chi connectivity index (χ0) is 13.5. The van der Waals surface area contributed by atoms with Crippen LogP contribution in [0.5, 0.6) is 5.75 Å². The van der Waals surface area contributed by atoms with E-state index >= 15 is 0 Å². The topological polar surface area (TPSA) is 12.5 Å². The zero-order valence-electron chi connectivity index (χ0n) is 11.7. The van der Waals surface area contributed by atoms with E-state index in [9.17, 15) is 0 Å². The third-order valence-electron chi connectivity index (χ3n) is 3.21. The van der Waals surface area contributed by atoms with Gasteiger partial charge in [0.25, 0.3) is 0 Å². The molecule has 0 bridgehead atoms. The van der Waals surface area contributed by atoms with E-state index < -0.39 is 0 Å². The standard InChI is InChI=1S/C17H21NO/c1-18(14-16-7-4-3-5-8-16)12-11-15-9-6-10-17(13-15)19-2/h3-10,13H,11-12,14H2,1-2H3. The Morgan fingerprint density at radius 1 is 0.947 bits per heavy atom. The first-order valence-corrected chi connectivity index (χ1v) is 6.63. The summed E-state index contributed by atoms with van der Waals surface area (Å²) in [4.78, 5) is 2.34. The van der Waals surface area contributed by atoms with Crippen LogP contribution < -0.4 is 4.74 Å². The summed E-state index contributed by atoms with van der Waals surface area (Å²) in [5, 5.41) is 0. The number of ether oxygens (including phenoxy) is 1. The minimum Gasteiger partial charge on any atom is -0.497 e. The fourth-order valence-corrected chi connectivity index (χ4v) is 2.12. The van der Waals surface area contributed by atoms with Crippen LogP contribution in [0.25, 0.3) is 0 Å². The van der Waals surface area contributed by atoms with E-state index in [0.29, 0.717) is 0 Å². The fourth-order valence-electron chi connectivity index (χ4n) is 2.12. The van der Waals surface area contributed by atoms with E-state index in [4.69, 9.17) is 4.74 Å². The van der Waals surface area contributed by atoms with Gasteiger partial charge in [-0.2, -0.15) is 0 Å². The molecule has 0 aliphatic carbocycles. The van der Waals surface area contributed by atoms with E-state index in [1.165, 1.54) is 11.1 Å². The van der Waals surface area contributed by atoms with E-state index in [2.05, 4.69) is 54.4 Å². The van der Waals surface area contributed by atoms with Gasteiger partial charge in [-0.3, -0.25) is 0 Å². The van der Waals surface area contributed by atoms with Gasteiger partial charge in [0.05, 0.1) is 7.11 Å². The van der Waals surface area contributed by atoms with Gasteiger partial charge in [-0.05, 0) is 36.7 Å². The van der Waals surface area contributed by atoms with Crippen molar-refractivity contribution in [1.29, 1.82) is 0 Å². The molecule has 0 atom stereocenters. The predicted molar refractivity (Wildman–Crippen MR) is 79.5 cm³/mol. The number of likely N-dealkylation sites (N-methyl/N-ethyl adjacent to an activating group) is 1. The Balaban J connectivity index is 1.84. The fraction of sp³-hybridized carbons (Fsp3) is 0.294. The summed E-state index contributed by atoms with van der Waals surface area (Å²) in [5.74, 6) is 0.934. The van der Waals surface area contributed by atoms with E-state index in [1.54, 1.807) is 7.11 Å². The molecule has 2 nitrogen and oxygen atoms in total. The predicted octanol–water partition coefficient (Wildman–Crippen LogP) is 3.37. The summed E-state index contributed by atoms with van der Waals surface area (Å²) < 4.78 is 5.24. The maximum absolute atomic E-state index is 5.24. The van der Waals surface area contributed by atoms with E-state index in [1.807, 2.05) is 12.1 Å². The molecule has 0 spiro atoms. The Bertz CT molecular complexity index is 496. The molecule has 100 valence electrons. The highest BCUT2D eigenvalue weighted by atomic mass is 16.5. The van der Waals surface area contributed by atoms with Gasteiger partial charge in [-0.15, -0.1) is 0 Å². The van der Waals surface area contributed by atoms with Gasteiger partial charge in [-0.1, -0.05) is 42.5 Å². The molecule has 0 heterocycles. The van der Waals surface area contributed by atoms with Crippen molar-refractivity contribution in [2.75, 3.05) is 20.7 Å². The van der Waals surface area contributed by atoms with Crippen molar-refractivity contribution in [1.82, 2.24) is 4.90 Å². The lowest BCUT2D eigenvalue weighted by Crippen LogP contribution is -2.20. The molecule has 0 aliphatic heterocycles. The molecule has 0 saturated heterocycles. The van der Waals surface area contributed by atoms with E-state index in [-0.39, 0.29) is 0 Å². The molecule has 2 heteroatoms. The number of methoxy groups -OCH3 is 1. The second kappa shape index (κ2) is 6.95. The molecule has 0 saturated carbocycles. The van der Waals surface area contributed by atoms with Crippen LogP contribution in [0.4, 0.5) is 0 Å². The third kappa shape index (κ3) is 4.42. The van der Waals surface area contributed by atoms with Crippen LogP contribution in [-0.2, 0) is 13.0 Å². The molecule has 0 unspecified atom stereocenters. The Morgan fingerprint density at radius 2 is 1.68 bits per heavy atom. The lowest BCUT2D eigenvalue weighted by Gasteiger charge is -2.16. The highest BCUT2D eigenvalue weighted by Gasteiger charge is 2.01. The first-order valence-electron chi connectivity index (χ1n) is 6.63. The molecule has 0 radical (unpaired) electrons. The molecule has 2 aromatic carbocycles. The van der Waals surface area contributed by atoms with Crippen molar-refractivity contribution in [3.63, 3.8) is 0 Å². The SMILES string of the molecule is COc1cccc(CCN(C)Cc2ccccc2)c1. The molecular formula is C17H21NO. The van der Waals surface area contributed by atoms with Gasteiger partial charge in [0.15, 0.2) is 0 Å². The lowest BCUT2D eigenvalue weighted by molar-refractivity contribution is 0.331. The minimum absolute atomic E-state index is 0.934. The van der Waals surface area contributed by atoms with Crippen LogP contribution in [0.2, 0.25) is 0 Å². The van der Waals surface area contributed by atoms with Crippen LogP contribution in [0.15, 0.2) is 54.6 Å². The summed E-state index contributed by atoms with van der Waals surface area (Å²) in [6, 6.07) is 18.9. The summed E-state index contributed by atoms with van der Waals surface area (Å²) in [5.41, 5.74) is 2.68. The molecular weight excluding hydrogens is 234 g/mol. The van der Waals surface area contributed by atoms with Gasteiger partial charge in [0, 0.05) is 13.1 Å². The van der Waals surface area contributed by atoms with Crippen molar-refractivity contribution in [2.24, 2.45) is 0 Å². The van der Waals surface area contributed by atoms with Gasteiger partial charge >= 0.3 is 0 Å². The summed E-state index contributed by atoms with van der Waals surface area (Å²) in [6.07, 6.45) is 1.04. The van der Waals surface area contributed by atoms with Crippen molar-refractivity contribution >= 4 is 0 Å². The Labute approximate surface area is 115 Å². The van der Waals surface area contributed by atoms with Crippen LogP contribution in [0, 0.1) is 0 Å². The lowest BCUT2D eigenvalue weighted by atomic mass is 10.1. The van der Waals surface area contributed by atoms with Crippen LogP contribution in [0.1, 0.15) is 11.1 Å². The molecule has 0 aliphatic rings. The number of hydrogen-bond donors (Lipinski definition) is 0. The first kappa shape index (κ1) is 13.6. The van der Waals surface area contributed by atoms with Crippen molar-refractivity contribution in [3.8, 4) is 5.75 Å². The average Bonchev–Trinajstić information content (AvgIpc) is 2.46. The summed E-state index contributed by atoms with van der Waals surface area (Å²) in [7, 11) is 3.87. The molecule has 0 aromatic heterocycles. The Morgan fingerprint density at radius 3 is 2.42 bits per heavy atom. The van der Waals surface area contributed by atoms with Crippen molar-refractivity contribution < 1.29 is 4.74 Å². The van der Waals surface area contributed by atoms with Crippen LogP contribution >= 0.6 is 0 Å². The highest BCUT2D eigenvalue weighted by Crippen LogP contribution is 2.13. The third-order valence-corrected chi connectivity index (χ3v) is 3.21. The smallest absolute Gasteiger partial charge is 0.119 e. The van der Waals surface area contributed by atoms with Crippen molar-refractivity contribution in [3.05, 3.63) is 65.7 Å². The number of hydrogen-bond acceptors (Lipinski definition) is 2. The molecule has 19 heavy (non-hydrogen) atoms. The second-order valence-electron chi connectivity index (χ2n) is 4.82. The molecule has 0 amide bonds. The summed E-state index contributed by atoms with van der Waals surface area (Å²) >= 11 is 0. The van der Waals surface area contributed by atoms with Crippen LogP contribution in [0.3, 0.4) is 0 Å². The zero-order valence-corrected chi connectivity index (χ0v) is 11.7. The van der Waals surface area contributed by atoms with E-state index in [0.717, 1.165) is 25.3 Å². The molecule has 0 N–H and O–H groups in total. The van der Waals surface area contributed by atoms with Gasteiger partial charge in [0.1, 0.15) is 5.75 Å². The van der Waals surface area contributed by atoms with Crippen molar-refractivity contribution in [2.45, 2.75) is 13.0 Å². The number of benzene rings is 2. The first-order chi connectivity index (χ1) is 9.28. The Kier molecular flexibility index (Phi) is 4.99. The monoisotopic (exact) mass is 255 g/mol. The maximum atomic E-state index is 5.24. The van der Waals surface area contributed by atoms with Gasteiger partial charge in [0.2, 0.25) is 0 Å². The molecule has 2 rings (SSSR count). The van der Waals surface area contributed by atoms with Gasteiger partial charge in [-0.25, -0.2) is 0 Å². The summed E-state index contributed by atoms with van der Waals surface area (Å²) in [6.45, 7) is 2.03. The largest absolute Gasteiger partial charge is 0.497 e.